The molecule has 0 aromatic heterocycles. The molecule has 7 aromatic rings. The third-order valence-electron chi connectivity index (χ3n) is 11.9. The summed E-state index contributed by atoms with van der Waals surface area (Å²) in [5, 5.41) is 3.89. The summed E-state index contributed by atoms with van der Waals surface area (Å²) in [6.07, 6.45) is 13.1. The molecule has 1 atom stereocenters. The van der Waals surface area contributed by atoms with Gasteiger partial charge in [-0.15, -0.1) is 19.4 Å². The maximum atomic E-state index is 11.6. The van der Waals surface area contributed by atoms with Crippen molar-refractivity contribution >= 4 is 38.7 Å². The third-order valence-corrected chi connectivity index (χ3v) is 13.7. The zero-order valence-corrected chi connectivity index (χ0v) is 46.3. The quantitative estimate of drug-likeness (QED) is 0.0591. The van der Waals surface area contributed by atoms with E-state index in [1.807, 2.05) is 67.6 Å². The lowest BCUT2D eigenvalue weighted by Gasteiger charge is -2.25. The smallest absolute Gasteiger partial charge is 0.418 e. The van der Waals surface area contributed by atoms with Gasteiger partial charge in [0.05, 0.1) is 0 Å². The summed E-state index contributed by atoms with van der Waals surface area (Å²) < 4.78 is 33.6. The Kier molecular flexibility index (Phi) is 22.7. The first-order chi connectivity index (χ1) is 33.9. The Morgan fingerprint density at radius 2 is 0.873 bits per heavy atom. The van der Waals surface area contributed by atoms with Crippen LogP contribution in [0, 0.1) is 39.5 Å². The molecule has 0 amide bonds. The molecule has 0 spiro atoms. The van der Waals surface area contributed by atoms with Gasteiger partial charge in [0.15, 0.2) is 0 Å². The number of terminal acetylenes is 1. The molecule has 6 nitrogen and oxygen atoms in total. The van der Waals surface area contributed by atoms with E-state index >= 15 is 0 Å². The molecule has 0 fully saturated rings. The molecule has 374 valence electrons. The first kappa shape index (κ1) is 57.5. The van der Waals surface area contributed by atoms with Crippen LogP contribution < -0.4 is 22.6 Å². The maximum Gasteiger partial charge on any atom is 0.530 e. The second-order valence-corrected chi connectivity index (χ2v) is 20.5. The van der Waals surface area contributed by atoms with Crippen molar-refractivity contribution in [3.8, 4) is 52.7 Å². The van der Waals surface area contributed by atoms with Crippen molar-refractivity contribution in [1.82, 2.24) is 0 Å². The largest absolute Gasteiger partial charge is 0.530 e. The van der Waals surface area contributed by atoms with E-state index in [0.29, 0.717) is 17.2 Å². The van der Waals surface area contributed by atoms with Gasteiger partial charge in [-0.25, -0.2) is 0 Å². The predicted molar refractivity (Wildman–Crippen MR) is 307 cm³/mol. The number of hydrogen-bond donors (Lipinski definition) is 1. The summed E-state index contributed by atoms with van der Waals surface area (Å²) in [5.74, 6) is 4.38. The number of benzene rings is 7. The lowest BCUT2D eigenvalue weighted by Crippen LogP contribution is -2.07. The van der Waals surface area contributed by atoms with Crippen LogP contribution in [0.25, 0.3) is 32.7 Å². The normalized spacial score (nSPS) is 11.6. The van der Waals surface area contributed by atoms with Gasteiger partial charge in [0.2, 0.25) is 0 Å². The number of fused-ring (bicyclic) bond motifs is 2. The Hall–Kier alpha value is -6.08. The van der Waals surface area contributed by atoms with Gasteiger partial charge in [-0.05, 0) is 150 Å². The van der Waals surface area contributed by atoms with E-state index in [0.717, 1.165) is 89.9 Å². The van der Waals surface area contributed by atoms with E-state index in [1.54, 1.807) is 0 Å². The van der Waals surface area contributed by atoms with E-state index in [2.05, 4.69) is 188 Å². The summed E-state index contributed by atoms with van der Waals surface area (Å²) in [6.45, 7) is 33.2. The monoisotopic (exact) mass is 991 g/mol. The molecular weight excluding hydrogens is 915 g/mol. The Morgan fingerprint density at radius 1 is 0.535 bits per heavy atom. The van der Waals surface area contributed by atoms with Crippen LogP contribution in [0.2, 0.25) is 0 Å². The van der Waals surface area contributed by atoms with Crippen molar-refractivity contribution in [2.24, 2.45) is 5.92 Å². The molecule has 0 saturated heterocycles. The van der Waals surface area contributed by atoms with Crippen LogP contribution in [0.15, 0.2) is 152 Å². The molecule has 0 aliphatic heterocycles. The van der Waals surface area contributed by atoms with Gasteiger partial charge in [-0.1, -0.05) is 177 Å². The van der Waals surface area contributed by atoms with Gasteiger partial charge in [-0.2, -0.15) is 0 Å². The molecular formula is C63H76O6P2. The van der Waals surface area contributed by atoms with Crippen molar-refractivity contribution in [3.63, 3.8) is 0 Å². The molecule has 0 aliphatic rings. The number of allylic oxidation sites excluding steroid dienone is 3. The molecule has 0 bridgehead atoms. The van der Waals surface area contributed by atoms with Gasteiger partial charge >= 0.3 is 17.2 Å². The zero-order valence-electron chi connectivity index (χ0n) is 44.5. The summed E-state index contributed by atoms with van der Waals surface area (Å²) in [6, 6.07) is 42.9. The molecule has 0 heterocycles. The molecule has 1 N–H and O–H groups in total. The fourth-order valence-electron chi connectivity index (χ4n) is 7.58. The summed E-state index contributed by atoms with van der Waals surface area (Å²) in [4.78, 5) is 11.6. The van der Waals surface area contributed by atoms with Crippen molar-refractivity contribution < 1.29 is 27.5 Å². The average Bonchev–Trinajstić information content (AvgIpc) is 3.34. The van der Waals surface area contributed by atoms with Crippen molar-refractivity contribution in [2.75, 3.05) is 0 Å². The lowest BCUT2D eigenvalue weighted by atomic mass is 9.92. The topological polar surface area (TPSA) is 66.4 Å². The van der Waals surface area contributed by atoms with Crippen LogP contribution in [-0.4, -0.2) is 4.89 Å². The Balaban J connectivity index is 0.000000751. The molecule has 8 heteroatoms. The fraction of sp³-hybridized carbons (Fsp3) is 0.302. The lowest BCUT2D eigenvalue weighted by molar-refractivity contribution is 0.378. The average molecular weight is 991 g/mol. The minimum Gasteiger partial charge on any atom is -0.418 e. The van der Waals surface area contributed by atoms with Gasteiger partial charge in [0.1, 0.15) is 28.7 Å². The second kappa shape index (κ2) is 28.1. The molecule has 0 radical (unpaired) electrons. The van der Waals surface area contributed by atoms with E-state index in [4.69, 9.17) is 22.6 Å². The number of aryl methyl sites for hydroxylation is 3. The van der Waals surface area contributed by atoms with Crippen LogP contribution in [0.5, 0.6) is 28.7 Å². The highest BCUT2D eigenvalue weighted by molar-refractivity contribution is 7.43. The van der Waals surface area contributed by atoms with E-state index in [9.17, 15) is 4.89 Å². The van der Waals surface area contributed by atoms with E-state index in [-0.39, 0.29) is 17.8 Å². The van der Waals surface area contributed by atoms with Crippen molar-refractivity contribution in [3.05, 3.63) is 185 Å². The zero-order chi connectivity index (χ0) is 52.4. The van der Waals surface area contributed by atoms with Crippen molar-refractivity contribution in [2.45, 2.75) is 121 Å². The number of rotatable bonds is 16. The van der Waals surface area contributed by atoms with Crippen LogP contribution in [0.4, 0.5) is 0 Å². The fourth-order valence-corrected chi connectivity index (χ4v) is 9.33. The Bertz CT molecular complexity index is 2820. The van der Waals surface area contributed by atoms with Crippen LogP contribution in [0.1, 0.15) is 134 Å². The SMILES string of the molecule is C#C.C/C=C(\C)C(C)C.C=CCC.Cc1ccc(C(C)C)c(OP(O)Oc2ccc3ccccc3c2-c2c(OP(Oc3cc(C)ccc3C(C)C)Oc3cc(C)ccc3C(C)C)ccc3ccccc23)c1. The molecule has 0 saturated carbocycles. The Labute approximate surface area is 429 Å². The first-order valence-corrected chi connectivity index (χ1v) is 26.8. The third kappa shape index (κ3) is 16.0. The molecule has 7 rings (SSSR count). The highest BCUT2D eigenvalue weighted by Crippen LogP contribution is 2.53. The Morgan fingerprint density at radius 3 is 1.21 bits per heavy atom. The summed E-state index contributed by atoms with van der Waals surface area (Å²) in [5.41, 5.74) is 9.32. The maximum absolute atomic E-state index is 11.6. The van der Waals surface area contributed by atoms with Crippen LogP contribution >= 0.6 is 17.2 Å². The van der Waals surface area contributed by atoms with Gasteiger partial charge in [0.25, 0.3) is 0 Å². The first-order valence-electron chi connectivity index (χ1n) is 24.6. The minimum atomic E-state index is -2.40. The van der Waals surface area contributed by atoms with Crippen LogP contribution in [-0.2, 0) is 0 Å². The predicted octanol–water partition coefficient (Wildman–Crippen LogP) is 19.8. The van der Waals surface area contributed by atoms with E-state index in [1.165, 1.54) is 5.57 Å². The molecule has 1 unspecified atom stereocenters. The van der Waals surface area contributed by atoms with Gasteiger partial charge in [-0.3, -0.25) is 0 Å². The highest BCUT2D eigenvalue weighted by Gasteiger charge is 2.29. The van der Waals surface area contributed by atoms with Crippen molar-refractivity contribution in [1.29, 1.82) is 0 Å². The minimum absolute atomic E-state index is 0.192. The molecule has 0 aliphatic carbocycles. The molecule has 7 aromatic carbocycles. The second-order valence-electron chi connectivity index (χ2n) is 18.7. The molecule has 71 heavy (non-hydrogen) atoms. The number of hydrogen-bond acceptors (Lipinski definition) is 6. The standard InChI is InChI=1S/C50H52O6P2.C7H14.C4H8.C2H2/c1-31(2)39-23-18-34(7)28-46(39)53-57(51)52-44-26-21-37-14-10-12-16-42(37)49(44)50-43-17-13-11-15-38(43)22-27-45(50)54-58(55-47-29-35(8)19-24-40(47)32(3)4)56-48-30-36(9)20-25-41(48)33(5)6;1-5-7(4)6(2)3;1-3-4-2;1-2/h10-33,51H,1-9H3;5-6H,1-4H3;3H,1,4H2,2H3;1-2H/b;7-5+;;. The highest BCUT2D eigenvalue weighted by atomic mass is 31.2. The summed E-state index contributed by atoms with van der Waals surface area (Å²) >= 11 is 0. The van der Waals surface area contributed by atoms with Crippen LogP contribution in [0.3, 0.4) is 0 Å². The summed E-state index contributed by atoms with van der Waals surface area (Å²) in [7, 11) is -4.48. The van der Waals surface area contributed by atoms with Gasteiger partial charge < -0.3 is 27.5 Å². The van der Waals surface area contributed by atoms with Gasteiger partial charge in [0, 0.05) is 11.1 Å². The van der Waals surface area contributed by atoms with E-state index < -0.39 is 17.2 Å².